The molecule has 0 saturated heterocycles. The normalized spacial score (nSPS) is 11.0. The fraction of sp³-hybridized carbons (Fsp3) is 0.538. The van der Waals surface area contributed by atoms with Gasteiger partial charge in [-0.05, 0) is 33.6 Å². The quantitative estimate of drug-likeness (QED) is 0.365. The largest absolute Gasteiger partial charge is 0.303 e. The summed E-state index contributed by atoms with van der Waals surface area (Å²) < 4.78 is 0. The molecular weight excluding hydrogens is 188 g/mol. The van der Waals surface area contributed by atoms with Crippen LogP contribution in [0.2, 0.25) is 0 Å². The molecule has 0 bridgehead atoms. The zero-order chi connectivity index (χ0) is 11.7. The Morgan fingerprint density at radius 1 is 1.07 bits per heavy atom. The van der Waals surface area contributed by atoms with Gasteiger partial charge in [0, 0.05) is 6.42 Å². The summed E-state index contributed by atoms with van der Waals surface area (Å²) in [5.41, 5.74) is 2.53. The lowest BCUT2D eigenvalue weighted by molar-refractivity contribution is -0.121. The summed E-state index contributed by atoms with van der Waals surface area (Å²) in [4.78, 5) is 21.1. The van der Waals surface area contributed by atoms with Gasteiger partial charge in [0.25, 0.3) is 0 Å². The Kier molecular flexibility index (Phi) is 7.51. The Labute approximate surface area is 92.1 Å². The number of Topliss-reactive ketones (excluding diaryl/α,β-unsaturated/α-hetero) is 1. The SMILES string of the molecule is CC(C)=CCCC(C)=CCC(=O)CC=O. The fourth-order valence-corrected chi connectivity index (χ4v) is 1.15. The van der Waals surface area contributed by atoms with Crippen molar-refractivity contribution < 1.29 is 9.59 Å². The predicted octanol–water partition coefficient (Wildman–Crippen LogP) is 3.23. The molecule has 0 heterocycles. The van der Waals surface area contributed by atoms with Gasteiger partial charge >= 0.3 is 0 Å². The van der Waals surface area contributed by atoms with Gasteiger partial charge in [-0.15, -0.1) is 0 Å². The Morgan fingerprint density at radius 2 is 1.73 bits per heavy atom. The highest BCUT2D eigenvalue weighted by Gasteiger charge is 1.97. The van der Waals surface area contributed by atoms with Crippen molar-refractivity contribution in [2.75, 3.05) is 0 Å². The minimum absolute atomic E-state index is 0.00781. The van der Waals surface area contributed by atoms with Crippen LogP contribution < -0.4 is 0 Å². The molecule has 0 aliphatic rings. The molecule has 0 amide bonds. The summed E-state index contributed by atoms with van der Waals surface area (Å²) in [5.74, 6) is -0.00781. The van der Waals surface area contributed by atoms with E-state index in [-0.39, 0.29) is 12.2 Å². The van der Waals surface area contributed by atoms with Gasteiger partial charge in [-0.3, -0.25) is 4.79 Å². The minimum Gasteiger partial charge on any atom is -0.303 e. The molecule has 84 valence electrons. The molecule has 0 rings (SSSR count). The topological polar surface area (TPSA) is 34.1 Å². The van der Waals surface area contributed by atoms with Crippen LogP contribution in [0.1, 0.15) is 46.5 Å². The molecule has 2 nitrogen and oxygen atoms in total. The van der Waals surface area contributed by atoms with E-state index in [0.29, 0.717) is 12.7 Å². The number of allylic oxidation sites excluding steroid dienone is 4. The Balaban J connectivity index is 3.83. The first kappa shape index (κ1) is 13.8. The Morgan fingerprint density at radius 3 is 2.27 bits per heavy atom. The molecule has 0 aromatic rings. The van der Waals surface area contributed by atoms with Crippen LogP contribution in [-0.2, 0) is 9.59 Å². The molecule has 0 aromatic carbocycles. The molecule has 0 aliphatic carbocycles. The lowest BCUT2D eigenvalue weighted by Gasteiger charge is -1.98. The number of carbonyl (C=O) groups is 2. The van der Waals surface area contributed by atoms with Gasteiger partial charge in [0.15, 0.2) is 0 Å². The summed E-state index contributed by atoms with van der Waals surface area (Å²) in [5, 5.41) is 0. The van der Waals surface area contributed by atoms with Crippen molar-refractivity contribution in [3.05, 3.63) is 23.3 Å². The van der Waals surface area contributed by atoms with Crippen LogP contribution in [0.3, 0.4) is 0 Å². The van der Waals surface area contributed by atoms with E-state index in [4.69, 9.17) is 0 Å². The van der Waals surface area contributed by atoms with Gasteiger partial charge in [0.05, 0.1) is 6.42 Å². The number of carbonyl (C=O) groups excluding carboxylic acids is 2. The van der Waals surface area contributed by atoms with Crippen LogP contribution in [-0.4, -0.2) is 12.1 Å². The van der Waals surface area contributed by atoms with Crippen molar-refractivity contribution in [2.45, 2.75) is 46.5 Å². The van der Waals surface area contributed by atoms with Crippen molar-refractivity contribution in [3.8, 4) is 0 Å². The predicted molar refractivity (Wildman–Crippen MR) is 62.7 cm³/mol. The minimum atomic E-state index is -0.00781. The molecule has 0 unspecified atom stereocenters. The highest BCUT2D eigenvalue weighted by atomic mass is 16.1. The van der Waals surface area contributed by atoms with Crippen molar-refractivity contribution in [1.82, 2.24) is 0 Å². The average molecular weight is 208 g/mol. The van der Waals surface area contributed by atoms with Crippen molar-refractivity contribution in [3.63, 3.8) is 0 Å². The molecule has 0 radical (unpaired) electrons. The summed E-state index contributed by atoms with van der Waals surface area (Å²) >= 11 is 0. The van der Waals surface area contributed by atoms with Crippen molar-refractivity contribution in [1.29, 1.82) is 0 Å². The number of hydrogen-bond donors (Lipinski definition) is 0. The van der Waals surface area contributed by atoms with Crippen LogP contribution in [0.4, 0.5) is 0 Å². The molecule has 0 fully saturated rings. The molecule has 0 spiro atoms. The van der Waals surface area contributed by atoms with Gasteiger partial charge in [-0.2, -0.15) is 0 Å². The number of aldehydes is 1. The zero-order valence-electron chi connectivity index (χ0n) is 9.88. The summed E-state index contributed by atoms with van der Waals surface area (Å²) in [6.45, 7) is 6.17. The first-order valence-corrected chi connectivity index (χ1v) is 5.30. The van der Waals surface area contributed by atoms with E-state index in [1.54, 1.807) is 0 Å². The first-order chi connectivity index (χ1) is 7.06. The summed E-state index contributed by atoms with van der Waals surface area (Å²) in [6.07, 6.45) is 7.20. The third-order valence-corrected chi connectivity index (χ3v) is 2.08. The van der Waals surface area contributed by atoms with Crippen LogP contribution >= 0.6 is 0 Å². The van der Waals surface area contributed by atoms with Gasteiger partial charge in [-0.25, -0.2) is 0 Å². The Bertz CT molecular complexity index is 268. The molecule has 0 aromatic heterocycles. The highest BCUT2D eigenvalue weighted by molar-refractivity contribution is 5.90. The van der Waals surface area contributed by atoms with Gasteiger partial charge in [-0.1, -0.05) is 23.3 Å². The molecule has 15 heavy (non-hydrogen) atoms. The van der Waals surface area contributed by atoms with E-state index in [9.17, 15) is 9.59 Å². The molecule has 0 atom stereocenters. The van der Waals surface area contributed by atoms with Crippen LogP contribution in [0, 0.1) is 0 Å². The van der Waals surface area contributed by atoms with E-state index in [2.05, 4.69) is 19.9 Å². The maximum absolute atomic E-state index is 11.0. The van der Waals surface area contributed by atoms with E-state index in [1.807, 2.05) is 13.0 Å². The van der Waals surface area contributed by atoms with E-state index in [1.165, 1.54) is 11.1 Å². The van der Waals surface area contributed by atoms with Gasteiger partial charge in [0.1, 0.15) is 12.1 Å². The van der Waals surface area contributed by atoms with E-state index >= 15 is 0 Å². The van der Waals surface area contributed by atoms with Crippen molar-refractivity contribution in [2.24, 2.45) is 0 Å². The van der Waals surface area contributed by atoms with Crippen LogP contribution in [0.5, 0.6) is 0 Å². The number of ketones is 1. The third kappa shape index (κ3) is 9.13. The third-order valence-electron chi connectivity index (χ3n) is 2.08. The molecule has 0 N–H and O–H groups in total. The lowest BCUT2D eigenvalue weighted by atomic mass is 10.1. The molecule has 2 heteroatoms. The maximum Gasteiger partial charge on any atom is 0.143 e. The second kappa shape index (κ2) is 8.16. The molecule has 0 aliphatic heterocycles. The van der Waals surface area contributed by atoms with E-state index in [0.717, 1.165) is 12.8 Å². The van der Waals surface area contributed by atoms with Crippen molar-refractivity contribution >= 4 is 12.1 Å². The maximum atomic E-state index is 11.0. The van der Waals surface area contributed by atoms with E-state index < -0.39 is 0 Å². The second-order valence-electron chi connectivity index (χ2n) is 3.98. The zero-order valence-corrected chi connectivity index (χ0v) is 9.88. The molecular formula is C13H20O2. The van der Waals surface area contributed by atoms with Gasteiger partial charge in [0.2, 0.25) is 0 Å². The standard InChI is InChI=1S/C13H20O2/c1-11(2)5-4-6-12(3)7-8-13(15)9-10-14/h5,7,10H,4,6,8-9H2,1-3H3. The second-order valence-corrected chi connectivity index (χ2v) is 3.98. The summed E-state index contributed by atoms with van der Waals surface area (Å²) in [6, 6.07) is 0. The highest BCUT2D eigenvalue weighted by Crippen LogP contribution is 2.07. The lowest BCUT2D eigenvalue weighted by Crippen LogP contribution is -1.96. The Hall–Kier alpha value is -1.18. The van der Waals surface area contributed by atoms with Crippen LogP contribution in [0.25, 0.3) is 0 Å². The average Bonchev–Trinajstić information content (AvgIpc) is 2.14. The molecule has 0 saturated carbocycles. The summed E-state index contributed by atoms with van der Waals surface area (Å²) in [7, 11) is 0. The number of rotatable bonds is 7. The first-order valence-electron chi connectivity index (χ1n) is 5.30. The number of hydrogen-bond acceptors (Lipinski definition) is 2. The van der Waals surface area contributed by atoms with Crippen LogP contribution in [0.15, 0.2) is 23.3 Å². The monoisotopic (exact) mass is 208 g/mol. The van der Waals surface area contributed by atoms with Gasteiger partial charge < -0.3 is 4.79 Å². The smallest absolute Gasteiger partial charge is 0.143 e. The fourth-order valence-electron chi connectivity index (χ4n) is 1.15.